The molecule has 0 N–H and O–H groups in total. The van der Waals surface area contributed by atoms with Crippen molar-refractivity contribution in [2.45, 2.75) is 0 Å². The second kappa shape index (κ2) is 6.30. The molecule has 15 heavy (non-hydrogen) atoms. The second-order valence-electron chi connectivity index (χ2n) is 3.18. The molecule has 0 spiro atoms. The SMILES string of the molecule is COc1cccc(C=[N+](C)C)c1OC.[Cl-]. The van der Waals surface area contributed by atoms with Crippen LogP contribution in [0.2, 0.25) is 0 Å². The fourth-order valence-corrected chi connectivity index (χ4v) is 1.29. The van der Waals surface area contributed by atoms with E-state index in [0.29, 0.717) is 0 Å². The predicted octanol–water partition coefficient (Wildman–Crippen LogP) is -1.60. The van der Waals surface area contributed by atoms with Crippen LogP contribution in [-0.2, 0) is 0 Å². The van der Waals surface area contributed by atoms with Crippen molar-refractivity contribution in [2.24, 2.45) is 0 Å². The fourth-order valence-electron chi connectivity index (χ4n) is 1.29. The summed E-state index contributed by atoms with van der Waals surface area (Å²) in [5.41, 5.74) is 1.01. The summed E-state index contributed by atoms with van der Waals surface area (Å²) in [5.74, 6) is 1.52. The Morgan fingerprint density at radius 1 is 1.13 bits per heavy atom. The van der Waals surface area contributed by atoms with Gasteiger partial charge < -0.3 is 21.9 Å². The molecule has 1 aromatic rings. The molecule has 0 amide bonds. The van der Waals surface area contributed by atoms with Crippen LogP contribution in [0.3, 0.4) is 0 Å². The minimum absolute atomic E-state index is 0. The van der Waals surface area contributed by atoms with Gasteiger partial charge in [0.2, 0.25) is 0 Å². The highest BCUT2D eigenvalue weighted by atomic mass is 35.5. The summed E-state index contributed by atoms with van der Waals surface area (Å²) in [4.78, 5) is 0. The summed E-state index contributed by atoms with van der Waals surface area (Å²) in [7, 11) is 7.22. The molecule has 0 saturated heterocycles. The summed E-state index contributed by atoms with van der Waals surface area (Å²) >= 11 is 0. The summed E-state index contributed by atoms with van der Waals surface area (Å²) < 4.78 is 12.4. The predicted molar refractivity (Wildman–Crippen MR) is 56.8 cm³/mol. The highest BCUT2D eigenvalue weighted by Crippen LogP contribution is 2.29. The lowest BCUT2D eigenvalue weighted by atomic mass is 10.2. The lowest BCUT2D eigenvalue weighted by molar-refractivity contribution is -0.458. The van der Waals surface area contributed by atoms with Gasteiger partial charge in [-0.15, -0.1) is 0 Å². The van der Waals surface area contributed by atoms with E-state index in [0.717, 1.165) is 17.1 Å². The Bertz CT molecular complexity index is 346. The first-order valence-corrected chi connectivity index (χ1v) is 4.41. The number of ether oxygens (including phenoxy) is 2. The number of benzene rings is 1. The van der Waals surface area contributed by atoms with Crippen LogP contribution in [0.25, 0.3) is 0 Å². The third-order valence-corrected chi connectivity index (χ3v) is 1.83. The molecule has 0 aliphatic carbocycles. The third kappa shape index (κ3) is 3.44. The third-order valence-electron chi connectivity index (χ3n) is 1.83. The van der Waals surface area contributed by atoms with Crippen molar-refractivity contribution in [2.75, 3.05) is 28.3 Å². The Labute approximate surface area is 96.7 Å². The van der Waals surface area contributed by atoms with Crippen LogP contribution in [0.15, 0.2) is 18.2 Å². The fraction of sp³-hybridized carbons (Fsp3) is 0.364. The van der Waals surface area contributed by atoms with Gasteiger partial charge in [-0.2, -0.15) is 0 Å². The van der Waals surface area contributed by atoms with E-state index in [1.165, 1.54) is 0 Å². The molecule has 0 heterocycles. The first-order valence-electron chi connectivity index (χ1n) is 4.41. The lowest BCUT2D eigenvalue weighted by Crippen LogP contribution is -3.00. The second-order valence-corrected chi connectivity index (χ2v) is 3.18. The van der Waals surface area contributed by atoms with E-state index in [9.17, 15) is 0 Å². The minimum atomic E-state index is 0. The number of hydrogen-bond acceptors (Lipinski definition) is 2. The summed E-state index contributed by atoms with van der Waals surface area (Å²) in [5, 5.41) is 0. The van der Waals surface area contributed by atoms with Gasteiger partial charge in [0.05, 0.1) is 19.8 Å². The van der Waals surface area contributed by atoms with E-state index in [1.54, 1.807) is 14.2 Å². The maximum atomic E-state index is 5.29. The van der Waals surface area contributed by atoms with Crippen molar-refractivity contribution < 1.29 is 26.5 Å². The van der Waals surface area contributed by atoms with E-state index in [-0.39, 0.29) is 12.4 Å². The van der Waals surface area contributed by atoms with Crippen molar-refractivity contribution in [1.82, 2.24) is 0 Å². The Balaban J connectivity index is 0.00000196. The zero-order valence-electron chi connectivity index (χ0n) is 9.45. The highest BCUT2D eigenvalue weighted by Gasteiger charge is 2.09. The van der Waals surface area contributed by atoms with Gasteiger partial charge in [0.15, 0.2) is 17.7 Å². The number of para-hydroxylation sites is 1. The highest BCUT2D eigenvalue weighted by molar-refractivity contribution is 5.81. The van der Waals surface area contributed by atoms with Gasteiger partial charge in [0, 0.05) is 0 Å². The van der Waals surface area contributed by atoms with Crippen LogP contribution >= 0.6 is 0 Å². The molecule has 0 aliphatic heterocycles. The first-order chi connectivity index (χ1) is 6.69. The van der Waals surface area contributed by atoms with Crippen LogP contribution in [0.4, 0.5) is 0 Å². The van der Waals surface area contributed by atoms with Crippen LogP contribution in [0, 0.1) is 0 Å². The van der Waals surface area contributed by atoms with Crippen molar-refractivity contribution in [3.05, 3.63) is 23.8 Å². The van der Waals surface area contributed by atoms with E-state index >= 15 is 0 Å². The molecule has 3 nitrogen and oxygen atoms in total. The molecule has 0 atom stereocenters. The summed E-state index contributed by atoms with van der Waals surface area (Å²) in [6.45, 7) is 0. The zero-order chi connectivity index (χ0) is 10.6. The molecular formula is C11H16ClNO2. The Morgan fingerprint density at radius 3 is 2.27 bits per heavy atom. The molecular weight excluding hydrogens is 214 g/mol. The molecule has 84 valence electrons. The molecule has 0 aliphatic rings. The van der Waals surface area contributed by atoms with E-state index in [2.05, 4.69) is 0 Å². The number of rotatable bonds is 3. The van der Waals surface area contributed by atoms with Crippen LogP contribution < -0.4 is 21.9 Å². The normalized spacial score (nSPS) is 8.80. The van der Waals surface area contributed by atoms with Gasteiger partial charge >= 0.3 is 0 Å². The van der Waals surface area contributed by atoms with Gasteiger partial charge in [-0.3, -0.25) is 0 Å². The Morgan fingerprint density at radius 2 is 1.80 bits per heavy atom. The molecule has 0 fully saturated rings. The molecule has 4 heteroatoms. The van der Waals surface area contributed by atoms with Gasteiger partial charge in [-0.05, 0) is 12.1 Å². The Kier molecular flexibility index (Phi) is 5.79. The van der Waals surface area contributed by atoms with Crippen molar-refractivity contribution in [3.63, 3.8) is 0 Å². The van der Waals surface area contributed by atoms with Gasteiger partial charge in [0.25, 0.3) is 0 Å². The molecule has 1 aromatic carbocycles. The van der Waals surface area contributed by atoms with Crippen molar-refractivity contribution >= 4 is 6.21 Å². The maximum absolute atomic E-state index is 5.29. The molecule has 0 radical (unpaired) electrons. The maximum Gasteiger partial charge on any atom is 0.174 e. The number of hydrogen-bond donors (Lipinski definition) is 0. The largest absolute Gasteiger partial charge is 1.00 e. The molecule has 0 aromatic heterocycles. The van der Waals surface area contributed by atoms with Gasteiger partial charge in [-0.1, -0.05) is 6.07 Å². The average Bonchev–Trinajstić information content (AvgIpc) is 2.16. The van der Waals surface area contributed by atoms with E-state index < -0.39 is 0 Å². The van der Waals surface area contributed by atoms with Crippen LogP contribution in [-0.4, -0.2) is 39.1 Å². The van der Waals surface area contributed by atoms with Crippen LogP contribution in [0.5, 0.6) is 11.5 Å². The topological polar surface area (TPSA) is 21.5 Å². The monoisotopic (exact) mass is 229 g/mol. The zero-order valence-corrected chi connectivity index (χ0v) is 10.2. The Hall–Kier alpha value is -1.22. The number of halogens is 1. The van der Waals surface area contributed by atoms with E-state index in [4.69, 9.17) is 9.47 Å². The summed E-state index contributed by atoms with van der Waals surface area (Å²) in [6, 6.07) is 5.81. The minimum Gasteiger partial charge on any atom is -1.00 e. The van der Waals surface area contributed by atoms with Gasteiger partial charge in [0.1, 0.15) is 14.1 Å². The average molecular weight is 230 g/mol. The first kappa shape index (κ1) is 13.8. The standard InChI is InChI=1S/C11H16NO2.ClH/c1-12(2)8-9-6-5-7-10(13-3)11(9)14-4;/h5-8H,1-4H3;1H/q+1;/p-1. The molecule has 0 unspecified atom stereocenters. The molecule has 0 bridgehead atoms. The lowest BCUT2D eigenvalue weighted by Gasteiger charge is -2.08. The smallest absolute Gasteiger partial charge is 0.174 e. The number of methoxy groups -OCH3 is 2. The van der Waals surface area contributed by atoms with Crippen LogP contribution in [0.1, 0.15) is 5.56 Å². The van der Waals surface area contributed by atoms with Gasteiger partial charge in [-0.25, -0.2) is 4.58 Å². The number of nitrogens with zero attached hydrogens (tertiary/aromatic N) is 1. The molecule has 1 rings (SSSR count). The summed E-state index contributed by atoms with van der Waals surface area (Å²) in [6.07, 6.45) is 1.99. The quantitative estimate of drug-likeness (QED) is 0.460. The molecule has 0 saturated carbocycles. The van der Waals surface area contributed by atoms with Crippen molar-refractivity contribution in [1.29, 1.82) is 0 Å². The van der Waals surface area contributed by atoms with E-state index in [1.807, 2.05) is 43.1 Å². The van der Waals surface area contributed by atoms with Crippen molar-refractivity contribution in [3.8, 4) is 11.5 Å².